The summed E-state index contributed by atoms with van der Waals surface area (Å²) >= 11 is 0. The summed E-state index contributed by atoms with van der Waals surface area (Å²) in [4.78, 5) is 0. The first-order chi connectivity index (χ1) is 7.24. The van der Waals surface area contributed by atoms with Crippen LogP contribution in [-0.4, -0.2) is 12.6 Å². The van der Waals surface area contributed by atoms with Crippen LogP contribution >= 0.6 is 0 Å². The Morgan fingerprint density at radius 1 is 1.40 bits per heavy atom. The van der Waals surface area contributed by atoms with E-state index in [9.17, 15) is 4.39 Å². The quantitative estimate of drug-likeness (QED) is 0.788. The zero-order chi connectivity index (χ0) is 10.7. The van der Waals surface area contributed by atoms with Gasteiger partial charge in [0.05, 0.1) is 11.9 Å². The molecule has 0 spiro atoms. The molecule has 4 heteroatoms. The Labute approximate surface area is 87.7 Å². The Morgan fingerprint density at radius 2 is 2.13 bits per heavy atom. The summed E-state index contributed by atoms with van der Waals surface area (Å²) in [7, 11) is 0. The molecule has 2 rings (SSSR count). The van der Waals surface area contributed by atoms with Crippen molar-refractivity contribution in [3.63, 3.8) is 0 Å². The third-order valence-corrected chi connectivity index (χ3v) is 2.26. The summed E-state index contributed by atoms with van der Waals surface area (Å²) < 4.78 is 18.1. The van der Waals surface area contributed by atoms with Gasteiger partial charge in [0.15, 0.2) is 0 Å². The number of hydrogen-bond acceptors (Lipinski definition) is 3. The van der Waals surface area contributed by atoms with Crippen molar-refractivity contribution in [1.29, 1.82) is 0 Å². The molecule has 3 N–H and O–H groups in total. The summed E-state index contributed by atoms with van der Waals surface area (Å²) in [5, 5.41) is 3.08. The fraction of sp³-hybridized carbons (Fsp3) is 0.273. The van der Waals surface area contributed by atoms with Gasteiger partial charge < -0.3 is 15.8 Å². The molecular weight excluding hydrogens is 195 g/mol. The van der Waals surface area contributed by atoms with E-state index in [1.807, 2.05) is 6.08 Å². The molecule has 15 heavy (non-hydrogen) atoms. The van der Waals surface area contributed by atoms with E-state index >= 15 is 0 Å². The highest BCUT2D eigenvalue weighted by molar-refractivity contribution is 5.22. The molecule has 0 saturated carbocycles. The maximum atomic E-state index is 12.6. The molecule has 1 atom stereocenters. The van der Waals surface area contributed by atoms with E-state index in [0.717, 1.165) is 6.42 Å². The smallest absolute Gasteiger partial charge is 0.123 e. The van der Waals surface area contributed by atoms with Crippen LogP contribution in [0.4, 0.5) is 4.39 Å². The van der Waals surface area contributed by atoms with Crippen molar-refractivity contribution in [3.05, 3.63) is 42.0 Å². The number of halogens is 1. The van der Waals surface area contributed by atoms with Gasteiger partial charge in [-0.2, -0.15) is 0 Å². The zero-order valence-electron chi connectivity index (χ0n) is 8.24. The molecule has 0 fully saturated rings. The average molecular weight is 208 g/mol. The van der Waals surface area contributed by atoms with E-state index in [1.54, 1.807) is 12.1 Å². The number of hydrogen-bond donors (Lipinski definition) is 2. The van der Waals surface area contributed by atoms with Gasteiger partial charge in [-0.15, -0.1) is 0 Å². The van der Waals surface area contributed by atoms with Gasteiger partial charge in [0.25, 0.3) is 0 Å². The van der Waals surface area contributed by atoms with E-state index in [1.165, 1.54) is 12.1 Å². The lowest BCUT2D eigenvalue weighted by Crippen LogP contribution is -2.31. The minimum atomic E-state index is -0.257. The van der Waals surface area contributed by atoms with Crippen molar-refractivity contribution in [2.24, 2.45) is 5.73 Å². The van der Waals surface area contributed by atoms with Gasteiger partial charge in [0, 0.05) is 0 Å². The molecule has 0 amide bonds. The third kappa shape index (κ3) is 2.62. The molecule has 0 aromatic heterocycles. The maximum absolute atomic E-state index is 12.6. The minimum Gasteiger partial charge on any atom is -0.491 e. The van der Waals surface area contributed by atoms with Crippen LogP contribution in [0, 0.1) is 5.82 Å². The first-order valence-corrected chi connectivity index (χ1v) is 4.84. The van der Waals surface area contributed by atoms with Crippen LogP contribution in [0.25, 0.3) is 0 Å². The van der Waals surface area contributed by atoms with Gasteiger partial charge in [-0.25, -0.2) is 4.39 Å². The van der Waals surface area contributed by atoms with Crippen LogP contribution in [0.5, 0.6) is 5.75 Å². The van der Waals surface area contributed by atoms with Crippen molar-refractivity contribution in [1.82, 2.24) is 5.32 Å². The Hall–Kier alpha value is -1.71. The van der Waals surface area contributed by atoms with Gasteiger partial charge >= 0.3 is 0 Å². The minimum absolute atomic E-state index is 0.218. The second kappa shape index (κ2) is 4.21. The topological polar surface area (TPSA) is 47.3 Å². The Morgan fingerprint density at radius 3 is 2.73 bits per heavy atom. The van der Waals surface area contributed by atoms with Gasteiger partial charge in [-0.1, -0.05) is 0 Å². The molecule has 0 saturated heterocycles. The molecule has 1 aliphatic heterocycles. The van der Waals surface area contributed by atoms with Gasteiger partial charge in [-0.3, -0.25) is 0 Å². The summed E-state index contributed by atoms with van der Waals surface area (Å²) in [5.74, 6) is 1.11. The molecule has 1 aliphatic rings. The molecule has 3 nitrogen and oxygen atoms in total. The molecule has 1 heterocycles. The molecule has 1 aromatic rings. The van der Waals surface area contributed by atoms with Crippen molar-refractivity contribution >= 4 is 0 Å². The molecule has 0 aliphatic carbocycles. The van der Waals surface area contributed by atoms with Crippen LogP contribution in [0.15, 0.2) is 36.2 Å². The highest BCUT2D eigenvalue weighted by atomic mass is 19.1. The van der Waals surface area contributed by atoms with Gasteiger partial charge in [-0.05, 0) is 36.8 Å². The van der Waals surface area contributed by atoms with E-state index in [2.05, 4.69) is 5.32 Å². The predicted molar refractivity (Wildman–Crippen MR) is 55.7 cm³/mol. The normalized spacial score (nSPS) is 19.5. The molecule has 80 valence electrons. The standard InChI is InChI=1S/C11H13FN2O/c12-8-1-4-10(5-2-8)15-7-9-3-6-11(13)14-9/h1-2,4-6,9,14H,3,7,13H2. The maximum Gasteiger partial charge on any atom is 0.123 e. The zero-order valence-corrected chi connectivity index (χ0v) is 8.24. The average Bonchev–Trinajstić information content (AvgIpc) is 2.64. The number of nitrogens with two attached hydrogens (primary N) is 1. The van der Waals surface area contributed by atoms with Crippen molar-refractivity contribution < 1.29 is 9.13 Å². The third-order valence-electron chi connectivity index (χ3n) is 2.26. The lowest BCUT2D eigenvalue weighted by molar-refractivity contribution is 0.278. The summed E-state index contributed by atoms with van der Waals surface area (Å²) in [6.45, 7) is 0.531. The van der Waals surface area contributed by atoms with Crippen molar-refractivity contribution in [2.75, 3.05) is 6.61 Å². The van der Waals surface area contributed by atoms with Crippen LogP contribution in [-0.2, 0) is 0 Å². The number of nitrogens with one attached hydrogen (secondary N) is 1. The number of rotatable bonds is 3. The predicted octanol–water partition coefficient (Wildman–Crippen LogP) is 1.37. The van der Waals surface area contributed by atoms with Crippen LogP contribution in [0.2, 0.25) is 0 Å². The first kappa shape index (κ1) is 9.83. The fourth-order valence-corrected chi connectivity index (χ4v) is 1.46. The highest BCUT2D eigenvalue weighted by Crippen LogP contribution is 2.13. The lowest BCUT2D eigenvalue weighted by atomic mass is 10.2. The highest BCUT2D eigenvalue weighted by Gasteiger charge is 2.13. The Kier molecular flexibility index (Phi) is 2.76. The first-order valence-electron chi connectivity index (χ1n) is 4.84. The van der Waals surface area contributed by atoms with E-state index in [0.29, 0.717) is 18.2 Å². The summed E-state index contributed by atoms with van der Waals surface area (Å²) in [6, 6.07) is 6.20. The van der Waals surface area contributed by atoms with Crippen LogP contribution in [0.1, 0.15) is 6.42 Å². The monoisotopic (exact) mass is 208 g/mol. The number of ether oxygens (including phenoxy) is 1. The molecule has 1 aromatic carbocycles. The fourth-order valence-electron chi connectivity index (χ4n) is 1.46. The summed E-state index contributed by atoms with van der Waals surface area (Å²) in [5.41, 5.74) is 5.56. The van der Waals surface area contributed by atoms with Crippen LogP contribution < -0.4 is 15.8 Å². The largest absolute Gasteiger partial charge is 0.491 e. The Bertz CT molecular complexity index is 361. The Balaban J connectivity index is 1.81. The lowest BCUT2D eigenvalue weighted by Gasteiger charge is -2.13. The second-order valence-corrected chi connectivity index (χ2v) is 3.50. The van der Waals surface area contributed by atoms with Crippen molar-refractivity contribution in [2.45, 2.75) is 12.5 Å². The molecular formula is C11H13FN2O. The summed E-state index contributed by atoms with van der Waals surface area (Å²) in [6.07, 6.45) is 2.80. The number of benzene rings is 1. The SMILES string of the molecule is NC1=CCC(COc2ccc(F)cc2)N1. The second-order valence-electron chi connectivity index (χ2n) is 3.50. The van der Waals surface area contributed by atoms with E-state index in [-0.39, 0.29) is 11.9 Å². The molecule has 0 bridgehead atoms. The molecule has 1 unspecified atom stereocenters. The van der Waals surface area contributed by atoms with E-state index < -0.39 is 0 Å². The van der Waals surface area contributed by atoms with Crippen molar-refractivity contribution in [3.8, 4) is 5.75 Å². The van der Waals surface area contributed by atoms with Gasteiger partial charge in [0.1, 0.15) is 18.2 Å². The van der Waals surface area contributed by atoms with E-state index in [4.69, 9.17) is 10.5 Å². The van der Waals surface area contributed by atoms with Crippen LogP contribution in [0.3, 0.4) is 0 Å². The van der Waals surface area contributed by atoms with Gasteiger partial charge in [0.2, 0.25) is 0 Å². The molecule has 0 radical (unpaired) electrons.